The van der Waals surface area contributed by atoms with Gasteiger partial charge in [0.1, 0.15) is 35.5 Å². The van der Waals surface area contributed by atoms with Crippen molar-refractivity contribution in [3.8, 4) is 28.4 Å². The lowest BCUT2D eigenvalue weighted by Gasteiger charge is -2.25. The minimum Gasteiger partial charge on any atom is -0.497 e. The van der Waals surface area contributed by atoms with Crippen molar-refractivity contribution in [1.82, 2.24) is 10.6 Å². The summed E-state index contributed by atoms with van der Waals surface area (Å²) in [5, 5.41) is 5.74. The molecule has 0 aliphatic heterocycles. The minimum absolute atomic E-state index is 0.0278. The maximum Gasteiger partial charge on any atom is 0.407 e. The monoisotopic (exact) mass is 680 g/mol. The van der Waals surface area contributed by atoms with Crippen LogP contribution in [0.5, 0.6) is 17.2 Å². The molecule has 0 bridgehead atoms. The molecule has 0 heterocycles. The van der Waals surface area contributed by atoms with Crippen LogP contribution in [0.25, 0.3) is 11.1 Å². The van der Waals surface area contributed by atoms with Gasteiger partial charge in [-0.05, 0) is 79.3 Å². The number of carbonyl (C=O) groups is 3. The van der Waals surface area contributed by atoms with Gasteiger partial charge in [0.05, 0.1) is 27.4 Å². The zero-order valence-corrected chi connectivity index (χ0v) is 29.3. The van der Waals surface area contributed by atoms with E-state index in [9.17, 15) is 14.4 Å². The number of rotatable bonds is 13. The first-order valence-corrected chi connectivity index (χ1v) is 16.5. The molecule has 1 unspecified atom stereocenters. The van der Waals surface area contributed by atoms with Crippen LogP contribution in [0.3, 0.4) is 0 Å². The second kappa shape index (κ2) is 15.8. The van der Waals surface area contributed by atoms with Gasteiger partial charge in [0.2, 0.25) is 5.91 Å². The van der Waals surface area contributed by atoms with Crippen LogP contribution in [0, 0.1) is 0 Å². The standard InChI is InChI=1S/C40H44N2O8/c1-40(2,3)50-38(44)34(41-39(45)49-24-33-30-13-9-7-11-28(30)29-12-8-10-14-31(29)33)21-22-36(43)42-37(25-15-17-26(46-4)18-16-25)32-20-19-27(47-5)23-35(32)48-6/h7-20,23,33-34,37H,21-22,24H2,1-6H3,(H,41,45)(H,42,43)/t34-,37?/m0/s1. The van der Waals surface area contributed by atoms with Gasteiger partial charge in [-0.3, -0.25) is 4.79 Å². The van der Waals surface area contributed by atoms with Gasteiger partial charge < -0.3 is 34.3 Å². The van der Waals surface area contributed by atoms with E-state index >= 15 is 0 Å². The highest BCUT2D eigenvalue weighted by Gasteiger charge is 2.32. The number of amides is 2. The summed E-state index contributed by atoms with van der Waals surface area (Å²) >= 11 is 0. The summed E-state index contributed by atoms with van der Waals surface area (Å²) in [5.74, 6) is 0.622. The zero-order valence-electron chi connectivity index (χ0n) is 29.3. The number of alkyl carbamates (subject to hydrolysis) is 1. The highest BCUT2D eigenvalue weighted by atomic mass is 16.6. The molecule has 0 spiro atoms. The van der Waals surface area contributed by atoms with Gasteiger partial charge >= 0.3 is 12.1 Å². The Balaban J connectivity index is 1.30. The van der Waals surface area contributed by atoms with Crippen molar-refractivity contribution < 1.29 is 38.1 Å². The number of carbonyl (C=O) groups excluding carboxylic acids is 3. The van der Waals surface area contributed by atoms with E-state index in [0.29, 0.717) is 22.8 Å². The zero-order chi connectivity index (χ0) is 35.8. The van der Waals surface area contributed by atoms with Gasteiger partial charge in [-0.1, -0.05) is 60.7 Å². The molecule has 0 fully saturated rings. The summed E-state index contributed by atoms with van der Waals surface area (Å²) in [6, 6.07) is 27.0. The minimum atomic E-state index is -1.13. The molecule has 4 aromatic carbocycles. The lowest BCUT2D eigenvalue weighted by molar-refractivity contribution is -0.157. The van der Waals surface area contributed by atoms with E-state index in [1.807, 2.05) is 54.6 Å². The van der Waals surface area contributed by atoms with Gasteiger partial charge in [-0.2, -0.15) is 0 Å². The summed E-state index contributed by atoms with van der Waals surface area (Å²) in [4.78, 5) is 40.1. The van der Waals surface area contributed by atoms with E-state index in [1.54, 1.807) is 66.4 Å². The molecule has 50 heavy (non-hydrogen) atoms. The highest BCUT2D eigenvalue weighted by Crippen LogP contribution is 2.44. The number of nitrogens with one attached hydrogen (secondary N) is 2. The Labute approximate surface area is 293 Å². The maximum atomic E-state index is 13.6. The third-order valence-electron chi connectivity index (χ3n) is 8.49. The van der Waals surface area contributed by atoms with Gasteiger partial charge in [0.15, 0.2) is 0 Å². The summed E-state index contributed by atoms with van der Waals surface area (Å²) in [5.41, 5.74) is 5.02. The molecule has 1 aliphatic carbocycles. The van der Waals surface area contributed by atoms with Crippen molar-refractivity contribution in [1.29, 1.82) is 0 Å². The number of ether oxygens (including phenoxy) is 5. The van der Waals surface area contributed by atoms with Crippen LogP contribution in [0.2, 0.25) is 0 Å². The number of hydrogen-bond acceptors (Lipinski definition) is 8. The number of methoxy groups -OCH3 is 3. The fourth-order valence-electron chi connectivity index (χ4n) is 6.11. The lowest BCUT2D eigenvalue weighted by atomic mass is 9.97. The molecule has 5 rings (SSSR count). The molecule has 0 aromatic heterocycles. The van der Waals surface area contributed by atoms with E-state index in [0.717, 1.165) is 27.8 Å². The van der Waals surface area contributed by atoms with E-state index in [-0.39, 0.29) is 31.3 Å². The van der Waals surface area contributed by atoms with E-state index in [1.165, 1.54) is 0 Å². The molecule has 0 radical (unpaired) electrons. The normalized spacial score (nSPS) is 13.2. The second-order valence-electron chi connectivity index (χ2n) is 13.0. The van der Waals surface area contributed by atoms with Crippen LogP contribution in [-0.2, 0) is 19.1 Å². The SMILES string of the molecule is COc1ccc(C(NC(=O)CC[C@H](NC(=O)OCC2c3ccccc3-c3ccccc32)C(=O)OC(C)(C)C)c2ccc(OC)cc2OC)cc1. The molecule has 10 nitrogen and oxygen atoms in total. The Hall–Kier alpha value is -5.51. The molecule has 1 aliphatic rings. The first kappa shape index (κ1) is 35.8. The number of hydrogen-bond donors (Lipinski definition) is 2. The fourth-order valence-corrected chi connectivity index (χ4v) is 6.11. The Morgan fingerprint density at radius 3 is 1.92 bits per heavy atom. The van der Waals surface area contributed by atoms with Crippen LogP contribution in [-0.4, -0.2) is 57.5 Å². The first-order valence-electron chi connectivity index (χ1n) is 16.5. The molecule has 262 valence electrons. The molecule has 0 saturated carbocycles. The summed E-state index contributed by atoms with van der Waals surface area (Å²) in [6.07, 6.45) is -0.902. The summed E-state index contributed by atoms with van der Waals surface area (Å²) in [6.45, 7) is 5.30. The predicted molar refractivity (Wildman–Crippen MR) is 190 cm³/mol. The average molecular weight is 681 g/mol. The molecular weight excluding hydrogens is 636 g/mol. The van der Waals surface area contributed by atoms with E-state index < -0.39 is 29.7 Å². The van der Waals surface area contributed by atoms with Gasteiger partial charge in [-0.25, -0.2) is 9.59 Å². The van der Waals surface area contributed by atoms with Crippen molar-refractivity contribution in [2.75, 3.05) is 27.9 Å². The molecule has 4 aromatic rings. The van der Waals surface area contributed by atoms with E-state index in [4.69, 9.17) is 23.7 Å². The third kappa shape index (κ3) is 8.55. The van der Waals surface area contributed by atoms with Gasteiger partial charge in [-0.15, -0.1) is 0 Å². The van der Waals surface area contributed by atoms with Crippen LogP contribution in [0.15, 0.2) is 91.0 Å². The molecule has 2 N–H and O–H groups in total. The van der Waals surface area contributed by atoms with Crippen molar-refractivity contribution in [2.45, 2.75) is 57.2 Å². The lowest BCUT2D eigenvalue weighted by Crippen LogP contribution is -2.45. The topological polar surface area (TPSA) is 121 Å². The van der Waals surface area contributed by atoms with Crippen molar-refractivity contribution in [3.05, 3.63) is 113 Å². The van der Waals surface area contributed by atoms with Gasteiger partial charge in [0, 0.05) is 24.0 Å². The highest BCUT2D eigenvalue weighted by molar-refractivity contribution is 5.84. The van der Waals surface area contributed by atoms with Crippen LogP contribution in [0.4, 0.5) is 4.79 Å². The maximum absolute atomic E-state index is 13.6. The Kier molecular flexibility index (Phi) is 11.3. The third-order valence-corrected chi connectivity index (χ3v) is 8.49. The largest absolute Gasteiger partial charge is 0.497 e. The van der Waals surface area contributed by atoms with Crippen LogP contribution in [0.1, 0.15) is 67.8 Å². The Morgan fingerprint density at radius 2 is 1.34 bits per heavy atom. The Morgan fingerprint density at radius 1 is 0.740 bits per heavy atom. The molecule has 2 atom stereocenters. The van der Waals surface area contributed by atoms with Crippen LogP contribution < -0.4 is 24.8 Å². The fraction of sp³-hybridized carbons (Fsp3) is 0.325. The number of esters is 1. The number of fused-ring (bicyclic) bond motifs is 3. The Bertz CT molecular complexity index is 1770. The molecule has 10 heteroatoms. The molecular formula is C40H44N2O8. The first-order chi connectivity index (χ1) is 24.0. The van der Waals surface area contributed by atoms with Crippen molar-refractivity contribution in [2.24, 2.45) is 0 Å². The average Bonchev–Trinajstić information content (AvgIpc) is 3.44. The quantitative estimate of drug-likeness (QED) is 0.146. The molecule has 2 amide bonds. The molecule has 0 saturated heterocycles. The summed E-state index contributed by atoms with van der Waals surface area (Å²) in [7, 11) is 4.69. The summed E-state index contributed by atoms with van der Waals surface area (Å²) < 4.78 is 27.7. The van der Waals surface area contributed by atoms with Gasteiger partial charge in [0.25, 0.3) is 0 Å². The second-order valence-corrected chi connectivity index (χ2v) is 13.0. The van der Waals surface area contributed by atoms with Crippen molar-refractivity contribution in [3.63, 3.8) is 0 Å². The predicted octanol–water partition coefficient (Wildman–Crippen LogP) is 6.95. The van der Waals surface area contributed by atoms with Crippen molar-refractivity contribution >= 4 is 18.0 Å². The van der Waals surface area contributed by atoms with E-state index in [2.05, 4.69) is 22.8 Å². The smallest absolute Gasteiger partial charge is 0.407 e. The number of benzene rings is 4. The van der Waals surface area contributed by atoms with Crippen LogP contribution >= 0.6 is 0 Å².